The van der Waals surface area contributed by atoms with Gasteiger partial charge >= 0.3 is 0 Å². The second-order valence-electron chi connectivity index (χ2n) is 6.75. The number of fused-ring (bicyclic) bond motifs is 1. The molecule has 0 bridgehead atoms. The van der Waals surface area contributed by atoms with Gasteiger partial charge < -0.3 is 20.5 Å². The summed E-state index contributed by atoms with van der Waals surface area (Å²) in [5.74, 6) is 1.23. The zero-order chi connectivity index (χ0) is 21.3. The normalized spacial score (nSPS) is 10.8. The summed E-state index contributed by atoms with van der Waals surface area (Å²) in [5.41, 5.74) is 10.3. The van der Waals surface area contributed by atoms with Gasteiger partial charge in [-0.15, -0.1) is 11.3 Å². The van der Waals surface area contributed by atoms with Crippen molar-refractivity contribution in [1.29, 1.82) is 0 Å². The van der Waals surface area contributed by atoms with E-state index in [1.165, 1.54) is 11.3 Å². The van der Waals surface area contributed by atoms with Gasteiger partial charge in [-0.05, 0) is 60.5 Å². The molecule has 7 heteroatoms. The summed E-state index contributed by atoms with van der Waals surface area (Å²) in [4.78, 5) is 18.7. The number of carbonyl (C=O) groups excluding carboxylic acids is 1. The van der Waals surface area contributed by atoms with Crippen LogP contribution in [0.3, 0.4) is 0 Å². The van der Waals surface area contributed by atoms with Crippen molar-refractivity contribution in [2.45, 2.75) is 6.92 Å². The van der Waals surface area contributed by atoms with Crippen molar-refractivity contribution >= 4 is 38.8 Å². The molecule has 4 rings (SSSR count). The molecular weight excluding hydrogens is 398 g/mol. The molecule has 4 aromatic rings. The van der Waals surface area contributed by atoms with Crippen LogP contribution < -0.4 is 20.5 Å². The molecule has 0 radical (unpaired) electrons. The maximum atomic E-state index is 12.9. The Kier molecular flexibility index (Phi) is 5.29. The number of aromatic nitrogens is 1. The number of hydrogen-bond donors (Lipinski definition) is 2. The number of anilines is 2. The lowest BCUT2D eigenvalue weighted by Gasteiger charge is -2.08. The van der Waals surface area contributed by atoms with Crippen LogP contribution in [0.4, 0.5) is 11.4 Å². The highest BCUT2D eigenvalue weighted by Crippen LogP contribution is 2.40. The van der Waals surface area contributed by atoms with Crippen molar-refractivity contribution < 1.29 is 14.3 Å². The van der Waals surface area contributed by atoms with Gasteiger partial charge in [-0.2, -0.15) is 0 Å². The summed E-state index contributed by atoms with van der Waals surface area (Å²) < 4.78 is 10.4. The van der Waals surface area contributed by atoms with Crippen LogP contribution in [0.15, 0.2) is 54.6 Å². The minimum atomic E-state index is -0.265. The van der Waals surface area contributed by atoms with Crippen molar-refractivity contribution in [3.05, 3.63) is 65.2 Å². The number of rotatable bonds is 5. The van der Waals surface area contributed by atoms with Crippen molar-refractivity contribution in [3.8, 4) is 22.6 Å². The summed E-state index contributed by atoms with van der Waals surface area (Å²) >= 11 is 1.29. The number of nitrogens with one attached hydrogen (secondary N) is 1. The molecule has 6 nitrogen and oxygen atoms in total. The lowest BCUT2D eigenvalue weighted by Crippen LogP contribution is -2.11. The van der Waals surface area contributed by atoms with Crippen LogP contribution in [-0.2, 0) is 0 Å². The highest BCUT2D eigenvalue weighted by Gasteiger charge is 2.21. The maximum Gasteiger partial charge on any atom is 0.267 e. The van der Waals surface area contributed by atoms with Gasteiger partial charge in [-0.3, -0.25) is 4.79 Å². The smallest absolute Gasteiger partial charge is 0.267 e. The highest BCUT2D eigenvalue weighted by molar-refractivity contribution is 7.21. The van der Waals surface area contributed by atoms with Gasteiger partial charge in [0.2, 0.25) is 0 Å². The lowest BCUT2D eigenvalue weighted by molar-refractivity contribution is 0.103. The Bertz CT molecular complexity index is 1220. The molecule has 1 amide bonds. The summed E-state index contributed by atoms with van der Waals surface area (Å²) in [7, 11) is 3.23. The predicted octanol–water partition coefficient (Wildman–Crippen LogP) is 5.12. The number of carbonyl (C=O) groups is 1. The van der Waals surface area contributed by atoms with E-state index in [0.717, 1.165) is 38.5 Å². The first-order valence-electron chi connectivity index (χ1n) is 9.29. The third-order valence-corrected chi connectivity index (χ3v) is 5.88. The number of nitrogen functional groups attached to an aromatic ring is 1. The first-order chi connectivity index (χ1) is 14.5. The molecule has 0 fully saturated rings. The fraction of sp³-hybridized carbons (Fsp3) is 0.130. The van der Waals surface area contributed by atoms with Crippen LogP contribution in [0.1, 0.15) is 15.4 Å². The molecule has 2 aromatic heterocycles. The molecule has 0 aliphatic carbocycles. The molecular formula is C23H21N3O3S. The number of amides is 1. The van der Waals surface area contributed by atoms with Gasteiger partial charge in [-0.1, -0.05) is 12.1 Å². The third-order valence-electron chi connectivity index (χ3n) is 4.78. The zero-order valence-electron chi connectivity index (χ0n) is 16.9. The number of nitrogens with two attached hydrogens (primary N) is 1. The Hall–Kier alpha value is -3.58. The van der Waals surface area contributed by atoms with Crippen LogP contribution in [0.2, 0.25) is 0 Å². The van der Waals surface area contributed by atoms with Gasteiger partial charge in [0, 0.05) is 16.8 Å². The Morgan fingerprint density at radius 3 is 2.20 bits per heavy atom. The number of pyridine rings is 1. The number of methoxy groups -OCH3 is 2. The Morgan fingerprint density at radius 2 is 1.60 bits per heavy atom. The molecule has 0 saturated carbocycles. The molecule has 152 valence electrons. The molecule has 0 atom stereocenters. The van der Waals surface area contributed by atoms with E-state index >= 15 is 0 Å². The Balaban J connectivity index is 1.74. The van der Waals surface area contributed by atoms with Gasteiger partial charge in [0.05, 0.1) is 19.9 Å². The summed E-state index contributed by atoms with van der Waals surface area (Å²) in [5, 5.41) is 3.68. The number of aryl methyl sites for hydroxylation is 1. The first kappa shape index (κ1) is 19.7. The summed E-state index contributed by atoms with van der Waals surface area (Å²) in [6.45, 7) is 1.93. The first-order valence-corrected chi connectivity index (χ1v) is 10.1. The van der Waals surface area contributed by atoms with E-state index in [-0.39, 0.29) is 5.91 Å². The van der Waals surface area contributed by atoms with Crippen molar-refractivity contribution in [1.82, 2.24) is 4.98 Å². The number of thiophene rings is 1. The molecule has 0 unspecified atom stereocenters. The summed E-state index contributed by atoms with van der Waals surface area (Å²) in [6, 6.07) is 16.9. The van der Waals surface area contributed by atoms with Crippen molar-refractivity contribution in [3.63, 3.8) is 0 Å². The van der Waals surface area contributed by atoms with E-state index in [1.54, 1.807) is 38.5 Å². The average Bonchev–Trinajstić information content (AvgIpc) is 3.10. The molecule has 0 aliphatic heterocycles. The topological polar surface area (TPSA) is 86.5 Å². The lowest BCUT2D eigenvalue weighted by atomic mass is 10.0. The second kappa shape index (κ2) is 8.04. The van der Waals surface area contributed by atoms with Crippen molar-refractivity contribution in [2.75, 3.05) is 25.3 Å². The number of ether oxygens (including phenoxy) is 2. The monoisotopic (exact) mass is 419 g/mol. The number of benzene rings is 2. The average molecular weight is 420 g/mol. The van der Waals surface area contributed by atoms with E-state index in [0.29, 0.717) is 16.3 Å². The van der Waals surface area contributed by atoms with Gasteiger partial charge in [0.25, 0.3) is 5.91 Å². The van der Waals surface area contributed by atoms with E-state index in [2.05, 4.69) is 10.3 Å². The van der Waals surface area contributed by atoms with Gasteiger partial charge in [0.15, 0.2) is 0 Å². The Morgan fingerprint density at radius 1 is 1.00 bits per heavy atom. The van der Waals surface area contributed by atoms with E-state index in [1.807, 2.05) is 37.3 Å². The fourth-order valence-electron chi connectivity index (χ4n) is 3.27. The van der Waals surface area contributed by atoms with E-state index < -0.39 is 0 Å². The molecule has 0 aliphatic rings. The number of nitrogens with zero attached hydrogens (tertiary/aromatic N) is 1. The number of hydrogen-bond acceptors (Lipinski definition) is 6. The van der Waals surface area contributed by atoms with Crippen LogP contribution in [-0.4, -0.2) is 25.1 Å². The van der Waals surface area contributed by atoms with E-state index in [9.17, 15) is 4.79 Å². The molecule has 2 heterocycles. The minimum absolute atomic E-state index is 0.265. The molecule has 3 N–H and O–H groups in total. The van der Waals surface area contributed by atoms with Crippen molar-refractivity contribution in [2.24, 2.45) is 0 Å². The largest absolute Gasteiger partial charge is 0.497 e. The van der Waals surface area contributed by atoms with Crippen LogP contribution in [0.5, 0.6) is 11.5 Å². The highest BCUT2D eigenvalue weighted by atomic mass is 32.1. The Labute approximate surface area is 178 Å². The quantitative estimate of drug-likeness (QED) is 0.469. The van der Waals surface area contributed by atoms with Crippen LogP contribution in [0.25, 0.3) is 21.3 Å². The molecule has 0 spiro atoms. The maximum absolute atomic E-state index is 12.9. The third kappa shape index (κ3) is 3.67. The predicted molar refractivity (Wildman–Crippen MR) is 122 cm³/mol. The molecule has 2 aromatic carbocycles. The fourth-order valence-corrected chi connectivity index (χ4v) is 4.33. The standard InChI is InChI=1S/C23H21N3O3S/c1-13-12-18(14-4-8-16(28-2)9-5-14)19-20(24)21(30-23(19)25-13)22(27)26-15-6-10-17(29-3)11-7-15/h4-12H,24H2,1-3H3,(H,26,27). The molecule has 0 saturated heterocycles. The zero-order valence-corrected chi connectivity index (χ0v) is 17.7. The SMILES string of the molecule is COc1ccc(NC(=O)c2sc3nc(C)cc(-c4ccc(OC)cc4)c3c2N)cc1. The minimum Gasteiger partial charge on any atom is -0.497 e. The van der Waals surface area contributed by atoms with Crippen LogP contribution >= 0.6 is 11.3 Å². The van der Waals surface area contributed by atoms with E-state index in [4.69, 9.17) is 15.2 Å². The second-order valence-corrected chi connectivity index (χ2v) is 7.75. The van der Waals surface area contributed by atoms with Gasteiger partial charge in [-0.25, -0.2) is 4.98 Å². The summed E-state index contributed by atoms with van der Waals surface area (Å²) in [6.07, 6.45) is 0. The van der Waals surface area contributed by atoms with Crippen LogP contribution in [0, 0.1) is 6.92 Å². The molecule has 30 heavy (non-hydrogen) atoms. The van der Waals surface area contributed by atoms with Gasteiger partial charge in [0.1, 0.15) is 21.2 Å².